The monoisotopic (exact) mass is 612 g/mol. The van der Waals surface area contributed by atoms with Gasteiger partial charge in [0, 0.05) is 59.6 Å². The first kappa shape index (κ1) is 29.5. The fraction of sp³-hybridized carbons (Fsp3) is 0.258. The summed E-state index contributed by atoms with van der Waals surface area (Å²) in [5.74, 6) is -1.30. The second-order valence-electron chi connectivity index (χ2n) is 10.1. The van der Waals surface area contributed by atoms with Gasteiger partial charge in [0.15, 0.2) is 5.78 Å². The molecule has 2 aromatic heterocycles. The number of nitrogens with one attached hydrogen (secondary N) is 2. The van der Waals surface area contributed by atoms with Crippen molar-refractivity contribution in [3.8, 4) is 22.8 Å². The van der Waals surface area contributed by atoms with Crippen LogP contribution in [0.15, 0.2) is 55.3 Å². The minimum absolute atomic E-state index is 0.109. The SMILES string of the molecule is C=CC(=O)Cc1cccc(C)c1Nc1cc2c(NC3CC(F)(F)C3)nc(-c3c(Cl)c(OC)cc(OC)c3Cl)cc2cn1. The van der Waals surface area contributed by atoms with Gasteiger partial charge in [-0.15, -0.1) is 0 Å². The van der Waals surface area contributed by atoms with Gasteiger partial charge in [0.1, 0.15) is 23.1 Å². The number of aryl methyl sites for hydroxylation is 1. The van der Waals surface area contributed by atoms with Gasteiger partial charge in [0.05, 0.1) is 30.0 Å². The van der Waals surface area contributed by atoms with E-state index in [0.29, 0.717) is 45.2 Å². The summed E-state index contributed by atoms with van der Waals surface area (Å²) in [5.41, 5.74) is 3.22. The summed E-state index contributed by atoms with van der Waals surface area (Å²) in [4.78, 5) is 21.5. The van der Waals surface area contributed by atoms with Gasteiger partial charge in [-0.1, -0.05) is 48.0 Å². The number of anilines is 3. The first-order chi connectivity index (χ1) is 20.0. The van der Waals surface area contributed by atoms with Crippen LogP contribution in [0.1, 0.15) is 24.0 Å². The number of methoxy groups -OCH3 is 2. The Morgan fingerprint density at radius 3 is 2.45 bits per heavy atom. The maximum Gasteiger partial charge on any atom is 0.252 e. The number of hydrogen-bond acceptors (Lipinski definition) is 7. The van der Waals surface area contributed by atoms with Crippen molar-refractivity contribution in [2.24, 2.45) is 0 Å². The van der Waals surface area contributed by atoms with Gasteiger partial charge >= 0.3 is 0 Å². The van der Waals surface area contributed by atoms with Crippen LogP contribution in [0.5, 0.6) is 11.5 Å². The summed E-state index contributed by atoms with van der Waals surface area (Å²) in [6.07, 6.45) is 2.50. The number of nitrogens with zero attached hydrogens (tertiary/aromatic N) is 2. The van der Waals surface area contributed by atoms with E-state index in [4.69, 9.17) is 37.7 Å². The molecule has 0 atom stereocenters. The van der Waals surface area contributed by atoms with Crippen molar-refractivity contribution in [1.82, 2.24) is 9.97 Å². The first-order valence-electron chi connectivity index (χ1n) is 13.1. The number of hydrogen-bond donors (Lipinski definition) is 2. The maximum atomic E-state index is 13.7. The first-order valence-corrected chi connectivity index (χ1v) is 13.9. The molecular weight excluding hydrogens is 585 g/mol. The molecule has 2 aromatic carbocycles. The van der Waals surface area contributed by atoms with Crippen molar-refractivity contribution in [3.63, 3.8) is 0 Å². The normalized spacial score (nSPS) is 14.3. The van der Waals surface area contributed by atoms with Crippen molar-refractivity contribution in [2.75, 3.05) is 24.9 Å². The molecule has 11 heteroatoms. The standard InChI is InChI=1S/C31H28Cl2F2N4O3/c1-5-20(40)9-17-8-6-7-16(2)29(17)39-25-11-21-18(15-36-25)10-22(38-30(21)37-19-13-31(34,35)14-19)26-27(32)23(41-3)12-24(42-4)28(26)33/h5-8,10-12,15,19H,1,9,13-14H2,2-4H3,(H,36,39)(H,37,38). The lowest BCUT2D eigenvalue weighted by atomic mass is 9.88. The Balaban J connectivity index is 1.62. The molecule has 2 heterocycles. The topological polar surface area (TPSA) is 85.4 Å². The van der Waals surface area contributed by atoms with Crippen LogP contribution in [0.3, 0.4) is 0 Å². The van der Waals surface area contributed by atoms with Crippen LogP contribution in [0.2, 0.25) is 10.0 Å². The lowest BCUT2D eigenvalue weighted by Crippen LogP contribution is -2.44. The Kier molecular flexibility index (Phi) is 8.25. The van der Waals surface area contributed by atoms with E-state index in [-0.39, 0.29) is 35.1 Å². The number of para-hydroxylation sites is 1. The Morgan fingerprint density at radius 1 is 1.14 bits per heavy atom. The lowest BCUT2D eigenvalue weighted by Gasteiger charge is -2.36. The van der Waals surface area contributed by atoms with Gasteiger partial charge in [0.25, 0.3) is 5.92 Å². The van der Waals surface area contributed by atoms with Crippen molar-refractivity contribution in [1.29, 1.82) is 0 Å². The summed E-state index contributed by atoms with van der Waals surface area (Å²) >= 11 is 13.3. The van der Waals surface area contributed by atoms with Gasteiger partial charge in [-0.25, -0.2) is 18.7 Å². The zero-order valence-corrected chi connectivity index (χ0v) is 24.7. The van der Waals surface area contributed by atoms with E-state index in [1.165, 1.54) is 20.3 Å². The Bertz CT molecular complexity index is 1680. The fourth-order valence-corrected chi connectivity index (χ4v) is 5.66. The molecule has 0 radical (unpaired) electrons. The van der Waals surface area contributed by atoms with E-state index >= 15 is 0 Å². The van der Waals surface area contributed by atoms with Crippen LogP contribution in [0.4, 0.5) is 26.1 Å². The average Bonchev–Trinajstić information content (AvgIpc) is 2.94. The van der Waals surface area contributed by atoms with Gasteiger partial charge in [-0.2, -0.15) is 0 Å². The molecule has 42 heavy (non-hydrogen) atoms. The van der Waals surface area contributed by atoms with Crippen LogP contribution in [0.25, 0.3) is 22.0 Å². The quantitative estimate of drug-likeness (QED) is 0.175. The third-order valence-electron chi connectivity index (χ3n) is 7.18. The largest absolute Gasteiger partial charge is 0.495 e. The highest BCUT2D eigenvalue weighted by atomic mass is 35.5. The number of rotatable bonds is 10. The number of alkyl halides is 2. The number of fused-ring (bicyclic) bond motifs is 1. The third-order valence-corrected chi connectivity index (χ3v) is 7.93. The number of carbonyl (C=O) groups is 1. The summed E-state index contributed by atoms with van der Waals surface area (Å²) in [5, 5.41) is 8.27. The summed E-state index contributed by atoms with van der Waals surface area (Å²) < 4.78 is 38.3. The molecule has 1 aliphatic carbocycles. The number of benzene rings is 2. The summed E-state index contributed by atoms with van der Waals surface area (Å²) in [6, 6.07) is 10.3. The summed E-state index contributed by atoms with van der Waals surface area (Å²) in [6.45, 7) is 5.50. The average molecular weight is 613 g/mol. The van der Waals surface area contributed by atoms with E-state index in [9.17, 15) is 13.6 Å². The van der Waals surface area contributed by atoms with Gasteiger partial charge in [-0.3, -0.25) is 4.79 Å². The number of carbonyl (C=O) groups excluding carboxylic acids is 1. The van der Waals surface area contributed by atoms with Crippen molar-refractivity contribution < 1.29 is 23.0 Å². The Labute approximate surface area is 251 Å². The number of pyridine rings is 2. The maximum absolute atomic E-state index is 13.7. The van der Waals surface area contributed by atoms with Crippen molar-refractivity contribution in [2.45, 2.75) is 38.2 Å². The predicted molar refractivity (Wildman–Crippen MR) is 163 cm³/mol. The second kappa shape index (κ2) is 11.7. The molecule has 0 aliphatic heterocycles. The van der Waals surface area contributed by atoms with Crippen LogP contribution in [-0.4, -0.2) is 41.9 Å². The molecule has 1 saturated carbocycles. The lowest BCUT2D eigenvalue weighted by molar-refractivity contribution is -0.114. The number of ether oxygens (including phenoxy) is 2. The number of allylic oxidation sites excluding steroid dienone is 1. The predicted octanol–water partition coefficient (Wildman–Crippen LogP) is 8.18. The van der Waals surface area contributed by atoms with Crippen LogP contribution in [0, 0.1) is 6.92 Å². The molecule has 7 nitrogen and oxygen atoms in total. The van der Waals surface area contributed by atoms with Gasteiger partial charge in [0.2, 0.25) is 0 Å². The van der Waals surface area contributed by atoms with E-state index in [2.05, 4.69) is 22.2 Å². The molecular formula is C31H28Cl2F2N4O3. The highest BCUT2D eigenvalue weighted by Crippen LogP contribution is 2.47. The van der Waals surface area contributed by atoms with E-state index in [1.807, 2.05) is 25.1 Å². The van der Waals surface area contributed by atoms with E-state index in [1.54, 1.807) is 24.4 Å². The van der Waals surface area contributed by atoms with Crippen LogP contribution >= 0.6 is 23.2 Å². The van der Waals surface area contributed by atoms with Crippen LogP contribution in [-0.2, 0) is 11.2 Å². The summed E-state index contributed by atoms with van der Waals surface area (Å²) in [7, 11) is 2.95. The molecule has 0 amide bonds. The van der Waals surface area contributed by atoms with Crippen molar-refractivity contribution >= 4 is 57.1 Å². The highest BCUT2D eigenvalue weighted by Gasteiger charge is 2.45. The highest BCUT2D eigenvalue weighted by molar-refractivity contribution is 6.41. The van der Waals surface area contributed by atoms with Crippen LogP contribution < -0.4 is 20.1 Å². The third kappa shape index (κ3) is 5.84. The minimum atomic E-state index is -2.73. The minimum Gasteiger partial charge on any atom is -0.495 e. The number of aromatic nitrogens is 2. The number of ketones is 1. The van der Waals surface area contributed by atoms with E-state index < -0.39 is 12.0 Å². The Hall–Kier alpha value is -3.95. The molecule has 0 unspecified atom stereocenters. The van der Waals surface area contributed by atoms with Gasteiger partial charge < -0.3 is 20.1 Å². The zero-order valence-electron chi connectivity index (χ0n) is 23.2. The molecule has 0 bridgehead atoms. The second-order valence-corrected chi connectivity index (χ2v) is 10.9. The van der Waals surface area contributed by atoms with Crippen molar-refractivity contribution in [3.05, 3.63) is 76.4 Å². The molecule has 2 N–H and O–H groups in total. The van der Waals surface area contributed by atoms with Gasteiger partial charge in [-0.05, 0) is 36.3 Å². The smallest absolute Gasteiger partial charge is 0.252 e. The zero-order chi connectivity index (χ0) is 30.2. The molecule has 0 saturated heterocycles. The number of halogens is 4. The molecule has 4 aromatic rings. The molecule has 1 aliphatic rings. The molecule has 5 rings (SSSR count). The fourth-order valence-electron chi connectivity index (χ4n) is 4.96. The molecule has 0 spiro atoms. The van der Waals surface area contributed by atoms with E-state index in [0.717, 1.165) is 16.8 Å². The molecule has 1 fully saturated rings. The Morgan fingerprint density at radius 2 is 1.83 bits per heavy atom. The molecule has 218 valence electrons.